The first-order chi connectivity index (χ1) is 7.98. The van der Waals surface area contributed by atoms with Gasteiger partial charge in [-0.15, -0.1) is 0 Å². The van der Waals surface area contributed by atoms with E-state index in [2.05, 4.69) is 9.47 Å². The van der Waals surface area contributed by atoms with Crippen LogP contribution in [0.5, 0.6) is 0 Å². The predicted octanol–water partition coefficient (Wildman–Crippen LogP) is 2.84. The molecule has 18 heavy (non-hydrogen) atoms. The Labute approximate surface area is 99.0 Å². The molecular formula is C9H12F6O3. The molecule has 0 amide bonds. The van der Waals surface area contributed by atoms with Crippen LogP contribution in [0.4, 0.5) is 26.3 Å². The second kappa shape index (κ2) is 6.26. The second-order valence-corrected chi connectivity index (χ2v) is 3.44. The molecule has 0 rings (SSSR count). The maximum absolute atomic E-state index is 12.1. The summed E-state index contributed by atoms with van der Waals surface area (Å²) in [4.78, 5) is 10.5. The fourth-order valence-corrected chi connectivity index (χ4v) is 1.05. The molecule has 0 aliphatic rings. The minimum atomic E-state index is -5.56. The molecule has 1 unspecified atom stereocenters. The fourth-order valence-electron chi connectivity index (χ4n) is 1.05. The molecular weight excluding hydrogens is 270 g/mol. The molecule has 0 fully saturated rings. The molecule has 0 N–H and O–H groups in total. The van der Waals surface area contributed by atoms with Crippen molar-refractivity contribution in [2.24, 2.45) is 0 Å². The Kier molecular flexibility index (Phi) is 5.91. The van der Waals surface area contributed by atoms with E-state index in [9.17, 15) is 31.1 Å². The van der Waals surface area contributed by atoms with E-state index in [-0.39, 0.29) is 6.42 Å². The third-order valence-corrected chi connectivity index (χ3v) is 1.83. The molecule has 0 saturated heterocycles. The van der Waals surface area contributed by atoms with Crippen LogP contribution in [0.3, 0.4) is 0 Å². The number of alkyl halides is 6. The molecule has 3 nitrogen and oxygen atoms in total. The molecule has 0 heterocycles. The lowest BCUT2D eigenvalue weighted by molar-refractivity contribution is -0.324. The zero-order chi connectivity index (χ0) is 14.6. The van der Waals surface area contributed by atoms with Crippen LogP contribution in [0.1, 0.15) is 20.3 Å². The van der Waals surface area contributed by atoms with Crippen molar-refractivity contribution in [3.8, 4) is 0 Å². The Morgan fingerprint density at radius 2 is 1.56 bits per heavy atom. The van der Waals surface area contributed by atoms with Gasteiger partial charge in [0, 0.05) is 6.92 Å². The van der Waals surface area contributed by atoms with E-state index in [1.54, 1.807) is 0 Å². The topological polar surface area (TPSA) is 35.5 Å². The minimum absolute atomic E-state index is 0.0437. The van der Waals surface area contributed by atoms with Gasteiger partial charge >= 0.3 is 18.3 Å². The highest BCUT2D eigenvalue weighted by Gasteiger charge is 2.58. The molecule has 108 valence electrons. The van der Waals surface area contributed by atoms with Crippen LogP contribution < -0.4 is 0 Å². The highest BCUT2D eigenvalue weighted by molar-refractivity contribution is 5.66. The Morgan fingerprint density at radius 1 is 1.11 bits per heavy atom. The van der Waals surface area contributed by atoms with Crippen LogP contribution >= 0.6 is 0 Å². The summed E-state index contributed by atoms with van der Waals surface area (Å²) in [6.45, 7) is 1.46. The van der Waals surface area contributed by atoms with Crippen LogP contribution in [-0.4, -0.2) is 37.1 Å². The number of halogens is 6. The first kappa shape index (κ1) is 17.0. The number of carbonyl (C=O) groups is 1. The Bertz CT molecular complexity index is 258. The maximum Gasteiger partial charge on any atom is 0.423 e. The van der Waals surface area contributed by atoms with Crippen molar-refractivity contribution in [3.63, 3.8) is 0 Å². The van der Waals surface area contributed by atoms with E-state index >= 15 is 0 Å². The number of rotatable bonds is 5. The first-order valence-electron chi connectivity index (χ1n) is 4.90. The van der Waals surface area contributed by atoms with Crippen LogP contribution in [-0.2, 0) is 14.3 Å². The van der Waals surface area contributed by atoms with E-state index in [0.29, 0.717) is 0 Å². The van der Waals surface area contributed by atoms with Gasteiger partial charge in [0.25, 0.3) is 0 Å². The van der Waals surface area contributed by atoms with Gasteiger partial charge in [0.2, 0.25) is 6.10 Å². The lowest BCUT2D eigenvalue weighted by Crippen LogP contribution is -2.45. The number of esters is 1. The van der Waals surface area contributed by atoms with Crippen LogP contribution in [0.15, 0.2) is 0 Å². The number of hydrogen-bond donors (Lipinski definition) is 0. The highest BCUT2D eigenvalue weighted by atomic mass is 19.4. The monoisotopic (exact) mass is 282 g/mol. The molecule has 0 spiro atoms. The van der Waals surface area contributed by atoms with E-state index in [4.69, 9.17) is 0 Å². The quantitative estimate of drug-likeness (QED) is 0.574. The first-order valence-corrected chi connectivity index (χ1v) is 4.90. The van der Waals surface area contributed by atoms with E-state index in [1.807, 2.05) is 0 Å². The van der Waals surface area contributed by atoms with Crippen LogP contribution in [0.25, 0.3) is 0 Å². The molecule has 0 saturated carbocycles. The average molecular weight is 282 g/mol. The molecule has 0 aliphatic carbocycles. The molecule has 0 radical (unpaired) electrons. The van der Waals surface area contributed by atoms with Gasteiger partial charge < -0.3 is 9.47 Å². The summed E-state index contributed by atoms with van der Waals surface area (Å²) >= 11 is 0. The predicted molar refractivity (Wildman–Crippen MR) is 47.7 cm³/mol. The van der Waals surface area contributed by atoms with Crippen LogP contribution in [0.2, 0.25) is 0 Å². The van der Waals surface area contributed by atoms with Crippen molar-refractivity contribution >= 4 is 5.97 Å². The summed E-state index contributed by atoms with van der Waals surface area (Å²) in [6.07, 6.45) is -16.1. The van der Waals surface area contributed by atoms with Crippen molar-refractivity contribution in [1.29, 1.82) is 0 Å². The number of hydrogen-bond acceptors (Lipinski definition) is 3. The summed E-state index contributed by atoms with van der Waals surface area (Å²) in [5.41, 5.74) is 0. The van der Waals surface area contributed by atoms with Crippen molar-refractivity contribution in [2.75, 3.05) is 6.61 Å². The van der Waals surface area contributed by atoms with Gasteiger partial charge in [-0.3, -0.25) is 4.79 Å². The minimum Gasteiger partial charge on any atom is -0.460 e. The van der Waals surface area contributed by atoms with Gasteiger partial charge in [-0.1, -0.05) is 6.92 Å². The van der Waals surface area contributed by atoms with Crippen molar-refractivity contribution in [2.45, 2.75) is 44.8 Å². The molecule has 9 heteroatoms. The zero-order valence-corrected chi connectivity index (χ0v) is 9.56. The Balaban J connectivity index is 4.57. The average Bonchev–Trinajstić information content (AvgIpc) is 2.11. The molecule has 0 aromatic heterocycles. The van der Waals surface area contributed by atoms with Gasteiger partial charge in [0.05, 0.1) is 6.61 Å². The second-order valence-electron chi connectivity index (χ2n) is 3.44. The summed E-state index contributed by atoms with van der Waals surface area (Å²) in [6, 6.07) is 0. The fraction of sp³-hybridized carbons (Fsp3) is 0.889. The smallest absolute Gasteiger partial charge is 0.423 e. The van der Waals surface area contributed by atoms with E-state index < -0.39 is 37.1 Å². The van der Waals surface area contributed by atoms with Crippen molar-refractivity contribution in [1.82, 2.24) is 0 Å². The lowest BCUT2D eigenvalue weighted by atomic mass is 10.3. The molecule has 0 aromatic rings. The van der Waals surface area contributed by atoms with E-state index in [0.717, 1.165) is 6.92 Å². The highest BCUT2D eigenvalue weighted by Crippen LogP contribution is 2.35. The Morgan fingerprint density at radius 3 is 1.83 bits per heavy atom. The molecule has 0 aliphatic heterocycles. The summed E-state index contributed by atoms with van der Waals surface area (Å²) < 4.78 is 80.8. The largest absolute Gasteiger partial charge is 0.460 e. The van der Waals surface area contributed by atoms with Crippen molar-refractivity contribution in [3.05, 3.63) is 0 Å². The molecule has 0 bridgehead atoms. The lowest BCUT2D eigenvalue weighted by Gasteiger charge is -2.25. The third kappa shape index (κ3) is 6.08. The zero-order valence-electron chi connectivity index (χ0n) is 9.56. The van der Waals surface area contributed by atoms with Gasteiger partial charge in [0.1, 0.15) is 6.10 Å². The summed E-state index contributed by atoms with van der Waals surface area (Å²) in [5.74, 6) is -0.805. The SMILES string of the molecule is CCC(COC(C(F)(F)F)C(F)(F)F)OC(C)=O. The van der Waals surface area contributed by atoms with Gasteiger partial charge in [0.15, 0.2) is 0 Å². The molecule has 0 aromatic carbocycles. The van der Waals surface area contributed by atoms with E-state index in [1.165, 1.54) is 6.92 Å². The third-order valence-electron chi connectivity index (χ3n) is 1.83. The van der Waals surface area contributed by atoms with Gasteiger partial charge in [-0.25, -0.2) is 0 Å². The molecule has 1 atom stereocenters. The van der Waals surface area contributed by atoms with Gasteiger partial charge in [-0.05, 0) is 6.42 Å². The standard InChI is InChI=1S/C9H12F6O3/c1-3-6(18-5(2)16)4-17-7(8(10,11)12)9(13,14)15/h6-7H,3-4H2,1-2H3. The Hall–Kier alpha value is -0.990. The van der Waals surface area contributed by atoms with Gasteiger partial charge in [-0.2, -0.15) is 26.3 Å². The normalized spacial score (nSPS) is 14.7. The van der Waals surface area contributed by atoms with Crippen molar-refractivity contribution < 1.29 is 40.6 Å². The number of ether oxygens (including phenoxy) is 2. The summed E-state index contributed by atoms with van der Waals surface area (Å²) in [5, 5.41) is 0. The van der Waals surface area contributed by atoms with Crippen LogP contribution in [0, 0.1) is 0 Å². The summed E-state index contributed by atoms with van der Waals surface area (Å²) in [7, 11) is 0. The maximum atomic E-state index is 12.1. The number of carbonyl (C=O) groups excluding carboxylic acids is 1.